The van der Waals surface area contributed by atoms with Crippen molar-refractivity contribution in [1.82, 2.24) is 9.88 Å². The monoisotopic (exact) mass is 428 g/mol. The number of halogens is 2. The Morgan fingerprint density at radius 1 is 1.16 bits per heavy atom. The number of carbonyl (C=O) groups is 2. The first-order valence-corrected chi connectivity index (χ1v) is 9.72. The zero-order chi connectivity index (χ0) is 22.0. The summed E-state index contributed by atoms with van der Waals surface area (Å²) in [5.41, 5.74) is -0.400. The highest BCUT2D eigenvalue weighted by Gasteiger charge is 2.31. The van der Waals surface area contributed by atoms with Gasteiger partial charge in [-0.1, -0.05) is 0 Å². The van der Waals surface area contributed by atoms with E-state index < -0.39 is 28.9 Å². The van der Waals surface area contributed by atoms with Crippen LogP contribution in [0, 0.1) is 28.9 Å². The van der Waals surface area contributed by atoms with Crippen LogP contribution in [0.2, 0.25) is 0 Å². The van der Waals surface area contributed by atoms with Crippen molar-refractivity contribution >= 4 is 17.5 Å². The van der Waals surface area contributed by atoms with Crippen LogP contribution in [0.15, 0.2) is 24.4 Å². The number of pyridine rings is 1. The van der Waals surface area contributed by atoms with Gasteiger partial charge in [-0.15, -0.1) is 0 Å². The van der Waals surface area contributed by atoms with Crippen LogP contribution in [0.25, 0.3) is 0 Å². The average Bonchev–Trinajstić information content (AvgIpc) is 2.78. The van der Waals surface area contributed by atoms with Gasteiger partial charge in [-0.25, -0.2) is 18.6 Å². The topological polar surface area (TPSA) is 105 Å². The maximum absolute atomic E-state index is 14.2. The molecule has 0 spiro atoms. The van der Waals surface area contributed by atoms with Crippen molar-refractivity contribution < 1.29 is 27.8 Å². The number of carbonyl (C=O) groups excluding carboxylic acids is 2. The number of hydrogen-bond donors (Lipinski definition) is 1. The number of nitrogens with zero attached hydrogens (tertiary/aromatic N) is 3. The second kappa shape index (κ2) is 8.55. The fourth-order valence-corrected chi connectivity index (χ4v) is 3.67. The summed E-state index contributed by atoms with van der Waals surface area (Å²) in [6.45, 7) is 1.20. The highest BCUT2D eigenvalue weighted by molar-refractivity contribution is 5.99. The lowest BCUT2D eigenvalue weighted by atomic mass is 9.88. The molecule has 1 aromatic carbocycles. The normalized spacial score (nSPS) is 15.8. The van der Waals surface area contributed by atoms with E-state index in [1.54, 1.807) is 12.1 Å². The van der Waals surface area contributed by atoms with Crippen LogP contribution >= 0.6 is 0 Å². The molecule has 0 aliphatic carbocycles. The zero-order valence-corrected chi connectivity index (χ0v) is 16.4. The summed E-state index contributed by atoms with van der Waals surface area (Å²) in [6.07, 6.45) is 2.02. The van der Waals surface area contributed by atoms with Crippen molar-refractivity contribution in [1.29, 1.82) is 5.26 Å². The molecule has 1 N–H and O–H groups in total. The minimum Gasteiger partial charge on any atom is -0.483 e. The van der Waals surface area contributed by atoms with E-state index in [0.717, 1.165) is 12.1 Å². The molecule has 160 valence electrons. The van der Waals surface area contributed by atoms with Gasteiger partial charge in [0.15, 0.2) is 5.78 Å². The van der Waals surface area contributed by atoms with Gasteiger partial charge in [-0.2, -0.15) is 5.26 Å². The fraction of sp³-hybridized carbons (Fsp3) is 0.333. The van der Waals surface area contributed by atoms with E-state index in [9.17, 15) is 18.4 Å². The van der Waals surface area contributed by atoms with Gasteiger partial charge in [-0.3, -0.25) is 4.79 Å². The van der Waals surface area contributed by atoms with Crippen LogP contribution < -0.4 is 14.8 Å². The number of nitrogens with one attached hydrogen (secondary N) is 1. The fourth-order valence-electron chi connectivity index (χ4n) is 3.67. The van der Waals surface area contributed by atoms with Crippen molar-refractivity contribution in [2.45, 2.75) is 12.8 Å². The summed E-state index contributed by atoms with van der Waals surface area (Å²) < 4.78 is 39.3. The summed E-state index contributed by atoms with van der Waals surface area (Å²) >= 11 is 0. The molecular formula is C21H18F2N4O4. The number of fused-ring (bicyclic) bond motifs is 1. The third kappa shape index (κ3) is 4.12. The third-order valence-corrected chi connectivity index (χ3v) is 5.25. The standard InChI is InChI=1S/C21H18F2N4O4/c22-14-9-12(11-24)10-15(23)17(14)18(28)13-2-5-27(6-3-13)21(29)26-16-1-4-25-20-19(16)30-7-8-31-20/h1,4,9-10,13H,2-3,5-8H2,(H,25,26,29). The first-order valence-electron chi connectivity index (χ1n) is 9.72. The molecule has 10 heteroatoms. The van der Waals surface area contributed by atoms with Crippen LogP contribution in [-0.2, 0) is 0 Å². The Morgan fingerprint density at radius 2 is 1.84 bits per heavy atom. The number of ketones is 1. The molecule has 3 heterocycles. The first-order chi connectivity index (χ1) is 15.0. The van der Waals surface area contributed by atoms with E-state index in [4.69, 9.17) is 14.7 Å². The first kappa shape index (κ1) is 20.5. The van der Waals surface area contributed by atoms with Gasteiger partial charge in [0.05, 0.1) is 22.9 Å². The molecule has 2 aliphatic heterocycles. The van der Waals surface area contributed by atoms with Crippen molar-refractivity contribution in [3.8, 4) is 17.7 Å². The summed E-state index contributed by atoms with van der Waals surface area (Å²) in [5, 5.41) is 11.5. The number of aromatic nitrogens is 1. The predicted molar refractivity (Wildman–Crippen MR) is 104 cm³/mol. The molecule has 4 rings (SSSR count). The Hall–Kier alpha value is -3.74. The number of nitriles is 1. The Labute approximate surface area is 176 Å². The van der Waals surface area contributed by atoms with Gasteiger partial charge < -0.3 is 19.7 Å². The number of amides is 2. The summed E-state index contributed by atoms with van der Waals surface area (Å²) in [6, 6.07) is 4.55. The highest BCUT2D eigenvalue weighted by Crippen LogP contribution is 2.35. The van der Waals surface area contributed by atoms with Crippen molar-refractivity contribution in [3.05, 3.63) is 47.2 Å². The number of ether oxygens (including phenoxy) is 2. The molecule has 2 aromatic rings. The van der Waals surface area contributed by atoms with Gasteiger partial charge >= 0.3 is 6.03 Å². The molecule has 2 amide bonds. The Kier molecular flexibility index (Phi) is 5.66. The van der Waals surface area contributed by atoms with E-state index in [-0.39, 0.29) is 37.5 Å². The SMILES string of the molecule is N#Cc1cc(F)c(C(=O)C2CCN(C(=O)Nc3ccnc4c3OCCO4)CC2)c(F)c1. The van der Waals surface area contributed by atoms with Gasteiger partial charge in [0, 0.05) is 25.2 Å². The van der Waals surface area contributed by atoms with Crippen molar-refractivity contribution in [3.63, 3.8) is 0 Å². The molecule has 1 aromatic heterocycles. The minimum absolute atomic E-state index is 0.189. The van der Waals surface area contributed by atoms with E-state index in [0.29, 0.717) is 30.5 Å². The predicted octanol–water partition coefficient (Wildman–Crippen LogP) is 3.13. The molecule has 0 radical (unpaired) electrons. The maximum Gasteiger partial charge on any atom is 0.321 e. The number of benzene rings is 1. The smallest absolute Gasteiger partial charge is 0.321 e. The lowest BCUT2D eigenvalue weighted by Crippen LogP contribution is -2.42. The Bertz CT molecular complexity index is 1050. The van der Waals surface area contributed by atoms with E-state index in [1.165, 1.54) is 11.1 Å². The van der Waals surface area contributed by atoms with Gasteiger partial charge in [-0.05, 0) is 31.0 Å². The number of urea groups is 1. The molecule has 1 saturated heterocycles. The molecule has 0 saturated carbocycles. The molecule has 0 unspecified atom stereocenters. The van der Waals surface area contributed by atoms with Crippen LogP contribution in [0.4, 0.5) is 19.3 Å². The lowest BCUT2D eigenvalue weighted by molar-refractivity contribution is 0.0850. The molecular weight excluding hydrogens is 410 g/mol. The number of anilines is 1. The summed E-state index contributed by atoms with van der Waals surface area (Å²) in [5.74, 6) is -2.71. The molecule has 0 bridgehead atoms. The largest absolute Gasteiger partial charge is 0.483 e. The molecule has 8 nitrogen and oxygen atoms in total. The number of likely N-dealkylation sites (tertiary alicyclic amines) is 1. The van der Waals surface area contributed by atoms with E-state index >= 15 is 0 Å². The maximum atomic E-state index is 14.2. The Balaban J connectivity index is 1.40. The molecule has 2 aliphatic rings. The van der Waals surface area contributed by atoms with E-state index in [1.807, 2.05) is 0 Å². The quantitative estimate of drug-likeness (QED) is 0.754. The van der Waals surface area contributed by atoms with Crippen molar-refractivity contribution in [2.75, 3.05) is 31.6 Å². The van der Waals surface area contributed by atoms with Crippen LogP contribution in [0.1, 0.15) is 28.8 Å². The summed E-state index contributed by atoms with van der Waals surface area (Å²) in [7, 11) is 0. The van der Waals surface area contributed by atoms with Gasteiger partial charge in [0.25, 0.3) is 5.88 Å². The number of rotatable bonds is 3. The second-order valence-electron chi connectivity index (χ2n) is 7.17. The lowest BCUT2D eigenvalue weighted by Gasteiger charge is -2.31. The van der Waals surface area contributed by atoms with E-state index in [2.05, 4.69) is 10.3 Å². The van der Waals surface area contributed by atoms with Crippen LogP contribution in [0.5, 0.6) is 11.6 Å². The molecule has 31 heavy (non-hydrogen) atoms. The molecule has 0 atom stereocenters. The van der Waals surface area contributed by atoms with Gasteiger partial charge in [0.2, 0.25) is 5.75 Å². The highest BCUT2D eigenvalue weighted by atomic mass is 19.1. The minimum atomic E-state index is -1.05. The number of Topliss-reactive ketones (excluding diaryl/α,β-unsaturated/α-hetero) is 1. The average molecular weight is 428 g/mol. The van der Waals surface area contributed by atoms with Crippen LogP contribution in [0.3, 0.4) is 0 Å². The zero-order valence-electron chi connectivity index (χ0n) is 16.4. The Morgan fingerprint density at radius 3 is 2.52 bits per heavy atom. The molecule has 1 fully saturated rings. The second-order valence-corrected chi connectivity index (χ2v) is 7.17. The number of hydrogen-bond acceptors (Lipinski definition) is 6. The third-order valence-electron chi connectivity index (χ3n) is 5.25. The van der Waals surface area contributed by atoms with Crippen LogP contribution in [-0.4, -0.2) is 48.0 Å². The van der Waals surface area contributed by atoms with Gasteiger partial charge in [0.1, 0.15) is 24.8 Å². The summed E-state index contributed by atoms with van der Waals surface area (Å²) in [4.78, 5) is 30.9. The number of piperidine rings is 1. The van der Waals surface area contributed by atoms with Crippen molar-refractivity contribution in [2.24, 2.45) is 5.92 Å².